The van der Waals surface area contributed by atoms with Crippen molar-refractivity contribution in [1.82, 2.24) is 5.32 Å². The van der Waals surface area contributed by atoms with Crippen LogP contribution < -0.4 is 11.1 Å². The lowest BCUT2D eigenvalue weighted by Crippen LogP contribution is -2.39. The smallest absolute Gasteiger partial charge is 0.188 e. The SMILES string of the molecule is C=CCNC(N)=NCC1(c2cccc(F)c2)CCOCC1. The normalized spacial score (nSPS) is 18.2. The van der Waals surface area contributed by atoms with Crippen LogP contribution in [0.2, 0.25) is 0 Å². The van der Waals surface area contributed by atoms with Gasteiger partial charge in [0.2, 0.25) is 0 Å². The number of guanidine groups is 1. The number of benzene rings is 1. The molecule has 0 unspecified atom stereocenters. The number of rotatable bonds is 5. The van der Waals surface area contributed by atoms with Gasteiger partial charge in [-0.2, -0.15) is 0 Å². The van der Waals surface area contributed by atoms with E-state index in [0.29, 0.717) is 32.3 Å². The van der Waals surface area contributed by atoms with Crippen LogP contribution in [0.3, 0.4) is 0 Å². The Bertz CT molecular complexity index is 510. The molecule has 1 fully saturated rings. The van der Waals surface area contributed by atoms with Crippen LogP contribution in [0.5, 0.6) is 0 Å². The van der Waals surface area contributed by atoms with Gasteiger partial charge in [-0.3, -0.25) is 4.99 Å². The Kier molecular flexibility index (Phi) is 5.33. The highest BCUT2D eigenvalue weighted by atomic mass is 19.1. The molecule has 0 aromatic heterocycles. The first-order valence-corrected chi connectivity index (χ1v) is 7.15. The molecule has 0 radical (unpaired) electrons. The van der Waals surface area contributed by atoms with Crippen LogP contribution in [0.15, 0.2) is 41.9 Å². The maximum Gasteiger partial charge on any atom is 0.188 e. The molecule has 2 rings (SSSR count). The van der Waals surface area contributed by atoms with Crippen molar-refractivity contribution in [3.05, 3.63) is 48.3 Å². The molecule has 4 nitrogen and oxygen atoms in total. The summed E-state index contributed by atoms with van der Waals surface area (Å²) in [6, 6.07) is 6.75. The van der Waals surface area contributed by atoms with Crippen molar-refractivity contribution in [3.63, 3.8) is 0 Å². The molecule has 0 spiro atoms. The zero-order chi connectivity index (χ0) is 15.1. The van der Waals surface area contributed by atoms with Gasteiger partial charge in [-0.25, -0.2) is 4.39 Å². The summed E-state index contributed by atoms with van der Waals surface area (Å²) in [4.78, 5) is 4.42. The molecular formula is C16H22FN3O. The third kappa shape index (κ3) is 4.04. The van der Waals surface area contributed by atoms with Crippen molar-refractivity contribution in [3.8, 4) is 0 Å². The fourth-order valence-electron chi connectivity index (χ4n) is 2.59. The molecule has 1 aromatic rings. The Morgan fingerprint density at radius 1 is 1.48 bits per heavy atom. The van der Waals surface area contributed by atoms with Crippen molar-refractivity contribution in [2.24, 2.45) is 10.7 Å². The molecule has 0 bridgehead atoms. The van der Waals surface area contributed by atoms with Crippen LogP contribution in [-0.2, 0) is 10.2 Å². The maximum absolute atomic E-state index is 13.5. The summed E-state index contributed by atoms with van der Waals surface area (Å²) in [5, 5.41) is 2.96. The molecule has 0 amide bonds. The second kappa shape index (κ2) is 7.22. The Morgan fingerprint density at radius 2 is 2.24 bits per heavy atom. The van der Waals surface area contributed by atoms with Gasteiger partial charge in [0.1, 0.15) is 5.82 Å². The largest absolute Gasteiger partial charge is 0.381 e. The van der Waals surface area contributed by atoms with E-state index in [4.69, 9.17) is 10.5 Å². The Balaban J connectivity index is 2.19. The van der Waals surface area contributed by atoms with E-state index in [1.165, 1.54) is 6.07 Å². The zero-order valence-electron chi connectivity index (χ0n) is 12.1. The van der Waals surface area contributed by atoms with Crippen LogP contribution in [-0.4, -0.2) is 32.3 Å². The van der Waals surface area contributed by atoms with Gasteiger partial charge in [-0.15, -0.1) is 6.58 Å². The summed E-state index contributed by atoms with van der Waals surface area (Å²) in [7, 11) is 0. The first-order chi connectivity index (χ1) is 10.2. The van der Waals surface area contributed by atoms with E-state index in [1.807, 2.05) is 6.07 Å². The van der Waals surface area contributed by atoms with Crippen molar-refractivity contribution < 1.29 is 9.13 Å². The minimum atomic E-state index is -0.222. The van der Waals surface area contributed by atoms with E-state index in [2.05, 4.69) is 16.9 Å². The van der Waals surface area contributed by atoms with E-state index in [0.717, 1.165) is 18.4 Å². The van der Waals surface area contributed by atoms with Gasteiger partial charge in [0.25, 0.3) is 0 Å². The van der Waals surface area contributed by atoms with Gasteiger partial charge in [-0.05, 0) is 30.5 Å². The molecule has 1 aliphatic heterocycles. The molecule has 5 heteroatoms. The van der Waals surface area contributed by atoms with Gasteiger partial charge >= 0.3 is 0 Å². The van der Waals surface area contributed by atoms with E-state index in [9.17, 15) is 4.39 Å². The first-order valence-electron chi connectivity index (χ1n) is 7.15. The number of nitrogens with two attached hydrogens (primary N) is 1. The fourth-order valence-corrected chi connectivity index (χ4v) is 2.59. The summed E-state index contributed by atoms with van der Waals surface area (Å²) in [6.45, 7) is 6.04. The molecule has 1 aliphatic rings. The topological polar surface area (TPSA) is 59.6 Å². The number of aliphatic imine (C=N–C) groups is 1. The standard InChI is InChI=1S/C16H22FN3O/c1-2-8-19-15(18)20-12-16(6-9-21-10-7-16)13-4-3-5-14(17)11-13/h2-5,11H,1,6-10,12H2,(H3,18,19,20). The minimum absolute atomic E-state index is 0.208. The molecule has 21 heavy (non-hydrogen) atoms. The first kappa shape index (κ1) is 15.5. The number of hydrogen-bond donors (Lipinski definition) is 2. The van der Waals surface area contributed by atoms with Gasteiger partial charge in [0.05, 0.1) is 6.54 Å². The van der Waals surface area contributed by atoms with Crippen LogP contribution in [0, 0.1) is 5.82 Å². The van der Waals surface area contributed by atoms with Crippen LogP contribution in [0.4, 0.5) is 4.39 Å². The Hall–Kier alpha value is -1.88. The highest BCUT2D eigenvalue weighted by Crippen LogP contribution is 2.35. The monoisotopic (exact) mass is 291 g/mol. The Labute approximate surface area is 124 Å². The quantitative estimate of drug-likeness (QED) is 0.495. The number of nitrogens with zero attached hydrogens (tertiary/aromatic N) is 1. The highest BCUT2D eigenvalue weighted by Gasteiger charge is 2.34. The third-order valence-electron chi connectivity index (χ3n) is 3.87. The molecule has 3 N–H and O–H groups in total. The summed E-state index contributed by atoms with van der Waals surface area (Å²) < 4.78 is 19.0. The van der Waals surface area contributed by atoms with Crippen LogP contribution >= 0.6 is 0 Å². The zero-order valence-corrected chi connectivity index (χ0v) is 12.1. The lowest BCUT2D eigenvalue weighted by Gasteiger charge is -2.36. The van der Waals surface area contributed by atoms with E-state index in [-0.39, 0.29) is 11.2 Å². The average Bonchev–Trinajstić information content (AvgIpc) is 2.52. The summed E-state index contributed by atoms with van der Waals surface area (Å²) in [5.74, 6) is 0.164. The van der Waals surface area contributed by atoms with Crippen LogP contribution in [0.25, 0.3) is 0 Å². The second-order valence-electron chi connectivity index (χ2n) is 5.27. The van der Waals surface area contributed by atoms with E-state index in [1.54, 1.807) is 18.2 Å². The number of nitrogens with one attached hydrogen (secondary N) is 1. The molecular weight excluding hydrogens is 269 g/mol. The molecule has 0 saturated carbocycles. The fraction of sp³-hybridized carbons (Fsp3) is 0.438. The van der Waals surface area contributed by atoms with Gasteiger partial charge < -0.3 is 15.8 Å². The molecule has 1 heterocycles. The van der Waals surface area contributed by atoms with Gasteiger partial charge in [-0.1, -0.05) is 18.2 Å². The van der Waals surface area contributed by atoms with Crippen molar-refractivity contribution in [2.75, 3.05) is 26.3 Å². The van der Waals surface area contributed by atoms with Gasteiger partial charge in [0, 0.05) is 25.2 Å². The third-order valence-corrected chi connectivity index (χ3v) is 3.87. The van der Waals surface area contributed by atoms with E-state index >= 15 is 0 Å². The Morgan fingerprint density at radius 3 is 2.90 bits per heavy atom. The number of halogens is 1. The molecule has 0 aliphatic carbocycles. The van der Waals surface area contributed by atoms with Crippen molar-refractivity contribution >= 4 is 5.96 Å². The summed E-state index contributed by atoms with van der Waals surface area (Å²) in [6.07, 6.45) is 3.35. The maximum atomic E-state index is 13.5. The highest BCUT2D eigenvalue weighted by molar-refractivity contribution is 5.78. The second-order valence-corrected chi connectivity index (χ2v) is 5.27. The summed E-state index contributed by atoms with van der Waals surface area (Å²) in [5.41, 5.74) is 6.59. The lowest BCUT2D eigenvalue weighted by molar-refractivity contribution is 0.0530. The predicted octanol–water partition coefficient (Wildman–Crippen LogP) is 1.96. The lowest BCUT2D eigenvalue weighted by atomic mass is 9.74. The van der Waals surface area contributed by atoms with Crippen molar-refractivity contribution in [2.45, 2.75) is 18.3 Å². The molecule has 0 atom stereocenters. The molecule has 1 saturated heterocycles. The number of hydrogen-bond acceptors (Lipinski definition) is 2. The van der Waals surface area contributed by atoms with Gasteiger partial charge in [0.15, 0.2) is 5.96 Å². The minimum Gasteiger partial charge on any atom is -0.381 e. The molecule has 1 aromatic carbocycles. The van der Waals surface area contributed by atoms with E-state index < -0.39 is 0 Å². The molecule has 114 valence electrons. The average molecular weight is 291 g/mol. The van der Waals surface area contributed by atoms with Crippen LogP contribution in [0.1, 0.15) is 18.4 Å². The van der Waals surface area contributed by atoms with Crippen molar-refractivity contribution in [1.29, 1.82) is 0 Å². The predicted molar refractivity (Wildman–Crippen MR) is 82.8 cm³/mol. The summed E-state index contributed by atoms with van der Waals surface area (Å²) >= 11 is 0. The number of ether oxygens (including phenoxy) is 1.